The summed E-state index contributed by atoms with van der Waals surface area (Å²) >= 11 is 0. The number of hydrogen-bond donors (Lipinski definition) is 5. The van der Waals surface area contributed by atoms with Crippen molar-refractivity contribution in [3.8, 4) is 40.9 Å². The van der Waals surface area contributed by atoms with Gasteiger partial charge in [0.25, 0.3) is 5.91 Å². The summed E-state index contributed by atoms with van der Waals surface area (Å²) in [5.41, 5.74) is 3.53. The fourth-order valence-electron chi connectivity index (χ4n) is 7.15. The van der Waals surface area contributed by atoms with Gasteiger partial charge in [0.05, 0.1) is 31.4 Å². The topological polar surface area (TPSA) is 180 Å². The molecule has 254 valence electrons. The standard InChI is InChI=1S/C39H34N2O9/c1-41(2)32-28-19-24-18-27-22(11-5-20-7-13-25(49-3)14-8-20)17-23(12-6-21-9-15-26(50-4)16-10-21)33(42)30(27)34(43)29(24)36(45)39(28,48)37(46)31(35(32)44)38(40)47/h7-10,13-17,24,28,32,42,44-45,48H,18-19H2,1-4H3,(H2,40,47). The summed E-state index contributed by atoms with van der Waals surface area (Å²) in [5.74, 6) is 6.06. The van der Waals surface area contributed by atoms with Crippen LogP contribution < -0.4 is 15.2 Å². The van der Waals surface area contributed by atoms with Crippen molar-refractivity contribution in [3.63, 3.8) is 0 Å². The van der Waals surface area contributed by atoms with Gasteiger partial charge in [0.2, 0.25) is 5.78 Å². The van der Waals surface area contributed by atoms with Gasteiger partial charge in [-0.3, -0.25) is 19.3 Å². The third kappa shape index (κ3) is 5.43. The van der Waals surface area contributed by atoms with E-state index >= 15 is 0 Å². The maximum absolute atomic E-state index is 14.4. The molecule has 0 saturated carbocycles. The van der Waals surface area contributed by atoms with Crippen LogP contribution in [0.25, 0.3) is 0 Å². The van der Waals surface area contributed by atoms with Crippen LogP contribution in [0.3, 0.4) is 0 Å². The number of nitrogens with two attached hydrogens (primary N) is 1. The number of likely N-dealkylation sites (N-methyl/N-ethyl adjacent to an activating group) is 1. The van der Waals surface area contributed by atoms with E-state index in [1.165, 1.54) is 4.90 Å². The SMILES string of the molecule is COc1ccc(C#Cc2cc(C#Cc3ccc(OC)cc3)c3c(c2O)C(=O)C2=C(O)C4(O)C(=O)C(C(N)=O)=C(O)C(N(C)C)C4CC2C3)cc1. The molecule has 0 aromatic heterocycles. The Morgan fingerprint density at radius 2 is 1.42 bits per heavy atom. The summed E-state index contributed by atoms with van der Waals surface area (Å²) in [6.45, 7) is 0. The monoisotopic (exact) mass is 674 g/mol. The van der Waals surface area contributed by atoms with E-state index in [4.69, 9.17) is 15.2 Å². The van der Waals surface area contributed by atoms with Crippen molar-refractivity contribution in [3.05, 3.63) is 111 Å². The molecule has 0 heterocycles. The van der Waals surface area contributed by atoms with Crippen molar-refractivity contribution in [2.45, 2.75) is 24.5 Å². The minimum atomic E-state index is -2.75. The predicted molar refractivity (Wildman–Crippen MR) is 182 cm³/mol. The Hall–Kier alpha value is -6.01. The molecule has 3 aliphatic carbocycles. The number of amides is 1. The third-order valence-corrected chi connectivity index (χ3v) is 9.59. The van der Waals surface area contributed by atoms with Gasteiger partial charge in [-0.25, -0.2) is 0 Å². The van der Waals surface area contributed by atoms with Crippen LogP contribution in [-0.4, -0.2) is 82.8 Å². The normalized spacial score (nSPS) is 22.4. The maximum atomic E-state index is 14.4. The summed E-state index contributed by atoms with van der Waals surface area (Å²) in [6, 6.07) is 14.5. The molecular formula is C39H34N2O9. The first-order valence-electron chi connectivity index (χ1n) is 15.7. The lowest BCUT2D eigenvalue weighted by Gasteiger charge is -2.50. The molecule has 4 unspecified atom stereocenters. The average molecular weight is 675 g/mol. The van der Waals surface area contributed by atoms with Crippen LogP contribution in [0.15, 0.2) is 77.3 Å². The van der Waals surface area contributed by atoms with Crippen molar-refractivity contribution in [1.29, 1.82) is 0 Å². The molecule has 0 saturated heterocycles. The van der Waals surface area contributed by atoms with Crippen LogP contribution in [-0.2, 0) is 16.0 Å². The first kappa shape index (κ1) is 33.9. The van der Waals surface area contributed by atoms with Gasteiger partial charge in [-0.05, 0) is 93.0 Å². The van der Waals surface area contributed by atoms with E-state index < -0.39 is 63.8 Å². The Balaban J connectivity index is 1.54. The van der Waals surface area contributed by atoms with Gasteiger partial charge in [-0.15, -0.1) is 0 Å². The summed E-state index contributed by atoms with van der Waals surface area (Å²) in [4.78, 5) is 41.9. The lowest BCUT2D eigenvalue weighted by atomic mass is 9.58. The molecule has 50 heavy (non-hydrogen) atoms. The highest BCUT2D eigenvalue weighted by atomic mass is 16.5. The van der Waals surface area contributed by atoms with E-state index in [1.54, 1.807) is 82.9 Å². The number of aromatic hydroxyl groups is 1. The van der Waals surface area contributed by atoms with Crippen LogP contribution in [0, 0.1) is 35.5 Å². The lowest BCUT2D eigenvalue weighted by Crippen LogP contribution is -2.63. The number of allylic oxidation sites excluding steroid dienone is 1. The molecule has 0 fully saturated rings. The Bertz CT molecular complexity index is 2140. The minimum Gasteiger partial charge on any atom is -0.510 e. The molecule has 6 N–H and O–H groups in total. The fraction of sp³-hybridized carbons (Fsp3) is 0.256. The first-order chi connectivity index (χ1) is 23.8. The number of rotatable bonds is 4. The molecule has 4 atom stereocenters. The van der Waals surface area contributed by atoms with Crippen LogP contribution in [0.5, 0.6) is 17.2 Å². The second kappa shape index (κ2) is 12.8. The number of methoxy groups -OCH3 is 2. The first-order valence-corrected chi connectivity index (χ1v) is 15.7. The number of phenolic OH excluding ortho intramolecular Hbond substituents is 1. The zero-order valence-electron chi connectivity index (χ0n) is 27.7. The largest absolute Gasteiger partial charge is 0.510 e. The summed E-state index contributed by atoms with van der Waals surface area (Å²) in [5, 5.41) is 46.2. The highest BCUT2D eigenvalue weighted by Gasteiger charge is 2.63. The third-order valence-electron chi connectivity index (χ3n) is 9.59. The van der Waals surface area contributed by atoms with Crippen molar-refractivity contribution >= 4 is 17.5 Å². The maximum Gasteiger partial charge on any atom is 0.255 e. The van der Waals surface area contributed by atoms with Crippen LogP contribution in [0.1, 0.15) is 44.6 Å². The number of nitrogens with zero attached hydrogens (tertiary/aromatic N) is 1. The number of carbonyl (C=O) groups excluding carboxylic acids is 3. The smallest absolute Gasteiger partial charge is 0.255 e. The van der Waals surface area contributed by atoms with Gasteiger partial charge in [0.1, 0.15) is 34.3 Å². The molecule has 6 rings (SSSR count). The second-order valence-corrected chi connectivity index (χ2v) is 12.6. The number of benzene rings is 3. The van der Waals surface area contributed by atoms with E-state index in [0.717, 1.165) is 0 Å². The zero-order valence-corrected chi connectivity index (χ0v) is 27.7. The van der Waals surface area contributed by atoms with Crippen molar-refractivity contribution in [1.82, 2.24) is 4.90 Å². The Morgan fingerprint density at radius 1 is 0.880 bits per heavy atom. The molecule has 3 aromatic rings. The number of carbonyl (C=O) groups is 3. The quantitative estimate of drug-likeness (QED) is 0.204. The van der Waals surface area contributed by atoms with Gasteiger partial charge in [0.15, 0.2) is 11.4 Å². The van der Waals surface area contributed by atoms with Gasteiger partial charge < -0.3 is 35.6 Å². The summed E-state index contributed by atoms with van der Waals surface area (Å²) in [7, 11) is 6.25. The lowest BCUT2D eigenvalue weighted by molar-refractivity contribution is -0.148. The number of aliphatic hydroxyl groups excluding tert-OH is 2. The molecule has 3 aliphatic rings. The van der Waals surface area contributed by atoms with Crippen molar-refractivity contribution < 1.29 is 44.3 Å². The van der Waals surface area contributed by atoms with E-state index in [-0.39, 0.29) is 29.5 Å². The van der Waals surface area contributed by atoms with Gasteiger partial charge in [0, 0.05) is 28.2 Å². The van der Waals surface area contributed by atoms with Gasteiger partial charge >= 0.3 is 0 Å². The fourth-order valence-corrected chi connectivity index (χ4v) is 7.15. The number of phenols is 1. The number of aliphatic hydroxyl groups is 3. The number of ketones is 2. The van der Waals surface area contributed by atoms with Crippen LogP contribution >= 0.6 is 0 Å². The van der Waals surface area contributed by atoms with Crippen molar-refractivity contribution in [2.75, 3.05) is 28.3 Å². The van der Waals surface area contributed by atoms with E-state index in [1.807, 2.05) is 0 Å². The molecule has 0 bridgehead atoms. The molecule has 11 nitrogen and oxygen atoms in total. The van der Waals surface area contributed by atoms with Crippen molar-refractivity contribution in [2.24, 2.45) is 17.6 Å². The molecule has 3 aromatic carbocycles. The van der Waals surface area contributed by atoms with E-state index in [9.17, 15) is 34.8 Å². The highest BCUT2D eigenvalue weighted by Crippen LogP contribution is 2.52. The molecule has 0 radical (unpaired) electrons. The number of primary amides is 1. The average Bonchev–Trinajstić information content (AvgIpc) is 3.09. The molecular weight excluding hydrogens is 640 g/mol. The summed E-state index contributed by atoms with van der Waals surface area (Å²) < 4.78 is 10.4. The molecule has 1 amide bonds. The Kier molecular flexibility index (Phi) is 8.66. The zero-order chi connectivity index (χ0) is 36.1. The number of ether oxygens (including phenoxy) is 2. The molecule has 0 aliphatic heterocycles. The van der Waals surface area contributed by atoms with E-state index in [2.05, 4.69) is 23.7 Å². The molecule has 0 spiro atoms. The second-order valence-electron chi connectivity index (χ2n) is 12.6. The Morgan fingerprint density at radius 3 is 1.92 bits per heavy atom. The summed E-state index contributed by atoms with van der Waals surface area (Å²) in [6.07, 6.45) is 0.0395. The minimum absolute atomic E-state index is 0.0447. The number of fused-ring (bicyclic) bond motifs is 3. The number of hydrogen-bond acceptors (Lipinski definition) is 10. The molecule has 11 heteroatoms. The van der Waals surface area contributed by atoms with Crippen LogP contribution in [0.2, 0.25) is 0 Å². The van der Waals surface area contributed by atoms with Crippen LogP contribution in [0.4, 0.5) is 0 Å². The van der Waals surface area contributed by atoms with Gasteiger partial charge in [-0.1, -0.05) is 23.7 Å². The van der Waals surface area contributed by atoms with Gasteiger partial charge in [-0.2, -0.15) is 0 Å². The number of Topliss-reactive ketones (excluding diaryl/α,β-unsaturated/α-hetero) is 2. The predicted octanol–water partition coefficient (Wildman–Crippen LogP) is 2.94. The highest BCUT2D eigenvalue weighted by molar-refractivity contribution is 6.24. The van der Waals surface area contributed by atoms with E-state index in [0.29, 0.717) is 33.8 Å². The Labute approximate surface area is 288 Å².